The van der Waals surface area contributed by atoms with Crippen LogP contribution >= 0.6 is 46.2 Å². The van der Waals surface area contributed by atoms with Crippen molar-refractivity contribution in [2.45, 2.75) is 246 Å². The van der Waals surface area contributed by atoms with Gasteiger partial charge in [0.1, 0.15) is 180 Å². The van der Waals surface area contributed by atoms with Gasteiger partial charge >= 0.3 is 0 Å². The zero-order valence-corrected chi connectivity index (χ0v) is 60.7. The fraction of sp³-hybridized carbons (Fsp3) is 0.723. The molecule has 24 N–H and O–H groups in total. The van der Waals surface area contributed by atoms with E-state index in [0.717, 1.165) is 23.5 Å². The van der Waals surface area contributed by atoms with E-state index in [2.05, 4.69) is 16.0 Å². The molecule has 24 aliphatic rings. The third-order valence-electron chi connectivity index (χ3n) is 20.1. The van der Waals surface area contributed by atoms with Crippen LogP contribution in [0.1, 0.15) is 27.0 Å². The predicted molar refractivity (Wildman–Crippen MR) is 369 cm³/mol. The topological polar surface area (TPSA) is 616 Å². The molecule has 0 radical (unpaired) electrons. The lowest BCUT2D eigenvalue weighted by atomic mass is 9.95. The van der Waals surface area contributed by atoms with E-state index in [-0.39, 0.29) is 54.1 Å². The van der Waals surface area contributed by atoms with Gasteiger partial charge in [-0.3, -0.25) is 0 Å². The van der Waals surface area contributed by atoms with Gasteiger partial charge in [-0.2, -0.15) is 23.5 Å². The van der Waals surface area contributed by atoms with Gasteiger partial charge < -0.3 is 190 Å². The van der Waals surface area contributed by atoms with Crippen LogP contribution in [0, 0.1) is 0 Å². The number of ether oxygens (including phenoxy) is 14. The highest BCUT2D eigenvalue weighted by Gasteiger charge is 2.60. The molecule has 35 atom stereocenters. The number of hydrogen-bond acceptors (Lipinski definition) is 44. The summed E-state index contributed by atoms with van der Waals surface area (Å²) < 4.78 is 84.6. The number of aliphatic hydroxyl groups excluding tert-OH is 19. The van der Waals surface area contributed by atoms with Crippen LogP contribution < -0.4 is 16.0 Å². The molecular formula is C65H91N5O35S4. The molecule has 24 aliphatic heterocycles. The Morgan fingerprint density at radius 1 is 0.367 bits per heavy atom. The number of thiazole rings is 2. The monoisotopic (exact) mass is 1630 g/mol. The Labute approximate surface area is 636 Å². The molecule has 0 spiro atoms. The van der Waals surface area contributed by atoms with Crippen LogP contribution in [-0.2, 0) is 97.5 Å². The number of aromatic nitrogens is 2. The molecule has 4 aromatic rings. The highest BCUT2D eigenvalue weighted by atomic mass is 32.2. The maximum atomic E-state index is 12.1. The van der Waals surface area contributed by atoms with Gasteiger partial charge in [0.15, 0.2) is 44.0 Å². The van der Waals surface area contributed by atoms with Crippen LogP contribution in [0.25, 0.3) is 0 Å². The summed E-state index contributed by atoms with van der Waals surface area (Å²) >= 11 is 4.93. The number of aromatic hydroxyl groups is 2. The molecule has 44 heteroatoms. The van der Waals surface area contributed by atoms with Crippen LogP contribution in [-0.4, -0.2) is 377 Å². The summed E-state index contributed by atoms with van der Waals surface area (Å²) in [7, 11) is 0. The van der Waals surface area contributed by atoms with Crippen molar-refractivity contribution >= 4 is 63.3 Å². The number of hydrogen-bond donors (Lipinski definition) is 24. The SMILES string of the molecule is OC[C@H]1O[C@@H]2O[C@H]3C(O)C(O)[C@H](O[C@@H]3CO)O[C@H]3C(O)C(O)[C@@H](O[C@H]4[C@H](O)C(O)[C@@H]5O[C@@H]4CSCc4csc(n4)CNc4cc(cc(NCc6ccc(O)cc6O)c4)NCc4nc(cs4)CSC[C@H]4O[C@H](O[C@H]1C(O)C2O)C(O)C(O)[C@@H]4O[C@@H]1O[C@H](CO)[C@@H](O[C@H]2O[C@H](CO)[C@@H](O5)C(O)C2O)C(O)C1O)O[C@@H]3CO. The van der Waals surface area contributed by atoms with E-state index < -0.39 is 248 Å². The van der Waals surface area contributed by atoms with Gasteiger partial charge in [0.2, 0.25) is 0 Å². The van der Waals surface area contributed by atoms with Crippen LogP contribution in [0.5, 0.6) is 11.5 Å². The lowest BCUT2D eigenvalue weighted by Gasteiger charge is -2.50. The minimum Gasteiger partial charge on any atom is -0.508 e. The first-order valence-corrected chi connectivity index (χ1v) is 39.1. The normalized spacial score (nSPS) is 43.6. The molecule has 2 aromatic carbocycles. The van der Waals surface area contributed by atoms with Crippen molar-refractivity contribution in [3.8, 4) is 11.5 Å². The van der Waals surface area contributed by atoms with Crippen LogP contribution in [0.2, 0.25) is 0 Å². The lowest BCUT2D eigenvalue weighted by Crippen LogP contribution is -2.68. The van der Waals surface area contributed by atoms with Crippen molar-refractivity contribution in [3.05, 3.63) is 74.1 Å². The maximum absolute atomic E-state index is 12.1. The molecule has 28 rings (SSSR count). The smallest absolute Gasteiger partial charge is 0.187 e. The molecule has 2 aromatic heterocycles. The molecule has 0 aliphatic carbocycles. The van der Waals surface area contributed by atoms with Crippen molar-refractivity contribution in [2.24, 2.45) is 0 Å². The molecule has 21 fully saturated rings. The second-order valence-corrected chi connectivity index (χ2v) is 31.4. The lowest BCUT2D eigenvalue weighted by molar-refractivity contribution is -0.395. The van der Waals surface area contributed by atoms with Crippen LogP contribution in [0.15, 0.2) is 47.2 Å². The van der Waals surface area contributed by atoms with Gasteiger partial charge in [-0.25, -0.2) is 9.97 Å². The first-order valence-electron chi connectivity index (χ1n) is 35.0. The second-order valence-electron chi connectivity index (χ2n) is 27.5. The Morgan fingerprint density at radius 3 is 0.982 bits per heavy atom. The molecular weight excluding hydrogens is 1540 g/mol. The maximum Gasteiger partial charge on any atom is 0.187 e. The molecule has 21 saturated heterocycles. The van der Waals surface area contributed by atoms with Crippen molar-refractivity contribution in [1.29, 1.82) is 0 Å². The molecule has 0 amide bonds. The number of thioether (sulfide) groups is 2. The number of nitrogens with zero attached hydrogens (tertiary/aromatic N) is 2. The van der Waals surface area contributed by atoms with Crippen LogP contribution in [0.4, 0.5) is 17.1 Å². The Morgan fingerprint density at radius 2 is 0.670 bits per heavy atom. The number of anilines is 3. The summed E-state index contributed by atoms with van der Waals surface area (Å²) in [5, 5.41) is 255. The number of phenolic OH excluding ortho intramolecular Hbond substituents is 2. The summed E-state index contributed by atoms with van der Waals surface area (Å²) in [4.78, 5) is 9.65. The number of benzene rings is 2. The van der Waals surface area contributed by atoms with E-state index in [9.17, 15) is 107 Å². The molecule has 40 nitrogen and oxygen atoms in total. The summed E-state index contributed by atoms with van der Waals surface area (Å²) in [6.07, 6.45) is -69.5. The van der Waals surface area contributed by atoms with E-state index in [0.29, 0.717) is 44.0 Å². The minimum absolute atomic E-state index is 0.124. The van der Waals surface area contributed by atoms with Gasteiger partial charge in [-0.05, 0) is 30.3 Å². The van der Waals surface area contributed by atoms with Gasteiger partial charge in [0, 0.05) is 69.0 Å². The van der Waals surface area contributed by atoms with Crippen LogP contribution in [0.3, 0.4) is 0 Å². The standard InChI is InChI=1S/C65H91N5O35S4/c71-10-29-52-38(78)45(85)59(92-29)100-53-30(11-72)95-62(48(88)41(53)81)104-57-34-19-106-15-25-17-108-36(69-25)8-67-23-3-22(66-7-21-1-2-27(76)6-28(21)77)4-24(5-23)68-9-37-70-26(18-109-37)16-107-20-35-58(43(83)50(90)64(97-35)102-55-32(13-74)93-60(99-52)46(86)39(55)79)105-63-49(89)42(82)54(31(12-73)96-63)101-61-47(87)40(80)56(33(14-75)94-61)103-65(98-34)51(91)44(57)84/h1-6,17-18,29-35,38-68,71-91H,7-16,19-20H2/t29-,30-,31-,32-,33-,34-,35-,38?,39?,40?,41?,42?,43?,44-,45?,46?,47?,48?,49?,50?,51?,52-,53-,54-,55-,56-,57-,58-,59-,60-,61-,62-,63+,64-,65-/m1/s1. The quantitative estimate of drug-likeness (QED) is 0.0779. The van der Waals surface area contributed by atoms with Crippen molar-refractivity contribution < 1.29 is 174 Å². The number of aliphatic hydroxyl groups is 19. The van der Waals surface area contributed by atoms with E-state index in [1.54, 1.807) is 16.8 Å². The molecule has 0 saturated carbocycles. The van der Waals surface area contributed by atoms with Crippen molar-refractivity contribution in [3.63, 3.8) is 0 Å². The van der Waals surface area contributed by atoms with Gasteiger partial charge in [-0.1, -0.05) is 0 Å². The minimum atomic E-state index is -2.22. The molecule has 13 unspecified atom stereocenters. The van der Waals surface area contributed by atoms with Gasteiger partial charge in [-0.15, -0.1) is 22.7 Å². The Balaban J connectivity index is 0.858. The van der Waals surface area contributed by atoms with Crippen molar-refractivity contribution in [2.75, 3.05) is 60.5 Å². The molecule has 22 bridgehead atoms. The van der Waals surface area contributed by atoms with E-state index in [1.807, 2.05) is 18.2 Å². The summed E-state index contributed by atoms with van der Waals surface area (Å²) in [5.41, 5.74) is 3.43. The highest BCUT2D eigenvalue weighted by molar-refractivity contribution is 7.98. The van der Waals surface area contributed by atoms with E-state index in [4.69, 9.17) is 76.3 Å². The number of phenols is 2. The Hall–Kier alpha value is -3.92. The van der Waals surface area contributed by atoms with E-state index >= 15 is 0 Å². The summed E-state index contributed by atoms with van der Waals surface area (Å²) in [5.74, 6) is -0.371. The number of rotatable bonds is 8. The average Bonchev–Trinajstić information content (AvgIpc) is 1.16. The van der Waals surface area contributed by atoms with Gasteiger partial charge in [0.05, 0.1) is 69.7 Å². The first-order chi connectivity index (χ1) is 52.3. The highest BCUT2D eigenvalue weighted by Crippen LogP contribution is 2.41. The second kappa shape index (κ2) is 36.5. The molecule has 109 heavy (non-hydrogen) atoms. The third kappa shape index (κ3) is 18.2. The zero-order valence-electron chi connectivity index (χ0n) is 57.4. The van der Waals surface area contributed by atoms with Gasteiger partial charge in [0.25, 0.3) is 0 Å². The summed E-state index contributed by atoms with van der Waals surface area (Å²) in [6, 6.07) is 9.73. The Bertz CT molecular complexity index is 3510. The molecule has 26 heterocycles. The first kappa shape index (κ1) is 83.0. The number of nitrogens with one attached hydrogen (secondary N) is 3. The van der Waals surface area contributed by atoms with Crippen molar-refractivity contribution in [1.82, 2.24) is 9.97 Å². The summed E-state index contributed by atoms with van der Waals surface area (Å²) in [6.45, 7) is -4.66. The average molecular weight is 1630 g/mol. The largest absolute Gasteiger partial charge is 0.508 e. The zero-order chi connectivity index (χ0) is 77.4. The molecule has 610 valence electrons. The Kier molecular flexibility index (Phi) is 27.8. The third-order valence-corrected chi connectivity index (χ3v) is 24.0. The fourth-order valence-electron chi connectivity index (χ4n) is 14.1. The fourth-order valence-corrected chi connectivity index (χ4v) is 17.8. The predicted octanol–water partition coefficient (Wildman–Crippen LogP) is -7.87. The van der Waals surface area contributed by atoms with E-state index in [1.165, 1.54) is 34.8 Å².